The van der Waals surface area contributed by atoms with Crippen molar-refractivity contribution < 1.29 is 0 Å². The molecular formula is C12H10N. The predicted octanol–water partition coefficient (Wildman–Crippen LogP) is 2.26. The first kappa shape index (κ1) is 6.96. The first-order chi connectivity index (χ1) is 6.38. The maximum absolute atomic E-state index is 3.30. The molecule has 13 heavy (non-hydrogen) atoms. The molecule has 0 amide bonds. The minimum Gasteiger partial charge on any atom is -0.364 e. The van der Waals surface area contributed by atoms with E-state index < -0.39 is 0 Å². The second kappa shape index (κ2) is 2.25. The molecule has 0 spiro atoms. The Labute approximate surface area is 78.0 Å². The molecule has 1 nitrogen and oxygen atoms in total. The zero-order valence-electron chi connectivity index (χ0n) is 7.49. The molecule has 1 aliphatic heterocycles. The van der Waals surface area contributed by atoms with E-state index >= 15 is 0 Å². The van der Waals surface area contributed by atoms with Crippen LogP contribution < -0.4 is 4.90 Å². The van der Waals surface area contributed by atoms with Crippen LogP contribution in [-0.4, -0.2) is 13.1 Å². The summed E-state index contributed by atoms with van der Waals surface area (Å²) in [5, 5.41) is 0. The van der Waals surface area contributed by atoms with Crippen molar-refractivity contribution in [2.24, 2.45) is 0 Å². The van der Waals surface area contributed by atoms with Crippen molar-refractivity contribution in [3.8, 4) is 0 Å². The Balaban J connectivity index is 2.26. The van der Waals surface area contributed by atoms with Crippen LogP contribution in [-0.2, 0) is 0 Å². The summed E-state index contributed by atoms with van der Waals surface area (Å²) in [6, 6.07) is 9.93. The number of hydrogen-bond donors (Lipinski definition) is 0. The van der Waals surface area contributed by atoms with E-state index in [1.165, 1.54) is 16.8 Å². The fourth-order valence-corrected chi connectivity index (χ4v) is 2.14. The largest absolute Gasteiger partial charge is 0.364 e. The molecule has 0 fully saturated rings. The summed E-state index contributed by atoms with van der Waals surface area (Å²) >= 11 is 0. The summed E-state index contributed by atoms with van der Waals surface area (Å²) < 4.78 is 0. The van der Waals surface area contributed by atoms with Crippen LogP contribution in [0, 0.1) is 6.07 Å². The summed E-state index contributed by atoms with van der Waals surface area (Å²) in [4.78, 5) is 2.29. The van der Waals surface area contributed by atoms with E-state index in [9.17, 15) is 0 Å². The second-order valence-corrected chi connectivity index (χ2v) is 3.49. The number of likely N-dealkylation sites (N-methyl/N-ethyl adjacent to an activating group) is 1. The van der Waals surface area contributed by atoms with Gasteiger partial charge in [-0.2, -0.15) is 0 Å². The Hall–Kier alpha value is -1.50. The first-order valence-corrected chi connectivity index (χ1v) is 4.50. The number of allylic oxidation sites excluding steroid dienone is 2. The quantitative estimate of drug-likeness (QED) is 0.574. The molecule has 0 N–H and O–H groups in total. The van der Waals surface area contributed by atoms with E-state index in [2.05, 4.69) is 42.3 Å². The fraction of sp³-hybridized carbons (Fsp3) is 0.167. The van der Waals surface area contributed by atoms with Gasteiger partial charge in [0, 0.05) is 18.3 Å². The van der Waals surface area contributed by atoms with Crippen molar-refractivity contribution in [2.45, 2.75) is 6.04 Å². The molecule has 1 aromatic carbocycles. The lowest BCUT2D eigenvalue weighted by Gasteiger charge is -2.17. The third-order valence-corrected chi connectivity index (χ3v) is 2.81. The highest BCUT2D eigenvalue weighted by atomic mass is 15.2. The van der Waals surface area contributed by atoms with Crippen LogP contribution in [0.1, 0.15) is 5.56 Å². The lowest BCUT2D eigenvalue weighted by Crippen LogP contribution is -2.23. The highest BCUT2D eigenvalue weighted by molar-refractivity contribution is 5.91. The maximum atomic E-state index is 3.30. The minimum atomic E-state index is 0.452. The molecule has 63 valence electrons. The van der Waals surface area contributed by atoms with E-state index in [4.69, 9.17) is 0 Å². The first-order valence-electron chi connectivity index (χ1n) is 4.50. The number of benzene rings is 1. The van der Waals surface area contributed by atoms with Gasteiger partial charge in [0.15, 0.2) is 0 Å². The molecule has 2 aliphatic rings. The zero-order valence-corrected chi connectivity index (χ0v) is 7.49. The van der Waals surface area contributed by atoms with Crippen molar-refractivity contribution in [1.29, 1.82) is 0 Å². The van der Waals surface area contributed by atoms with E-state index in [0.29, 0.717) is 6.04 Å². The molecule has 1 aromatic rings. The highest BCUT2D eigenvalue weighted by Gasteiger charge is 2.30. The normalized spacial score (nSPS) is 23.0. The monoisotopic (exact) mass is 168 g/mol. The number of nitrogens with zero attached hydrogens (tertiary/aromatic N) is 1. The van der Waals surface area contributed by atoms with Crippen LogP contribution in [0.25, 0.3) is 5.57 Å². The van der Waals surface area contributed by atoms with Gasteiger partial charge in [0.05, 0.1) is 6.04 Å². The fourth-order valence-electron chi connectivity index (χ4n) is 2.14. The van der Waals surface area contributed by atoms with Gasteiger partial charge in [-0.1, -0.05) is 30.4 Å². The van der Waals surface area contributed by atoms with Gasteiger partial charge in [-0.15, -0.1) is 0 Å². The van der Waals surface area contributed by atoms with Crippen LogP contribution in [0.4, 0.5) is 5.69 Å². The summed E-state index contributed by atoms with van der Waals surface area (Å²) in [5.74, 6) is 0. The Kier molecular flexibility index (Phi) is 1.21. The van der Waals surface area contributed by atoms with Gasteiger partial charge in [0.25, 0.3) is 0 Å². The van der Waals surface area contributed by atoms with Crippen molar-refractivity contribution in [3.63, 3.8) is 0 Å². The molecule has 3 rings (SSSR count). The van der Waals surface area contributed by atoms with Gasteiger partial charge >= 0.3 is 0 Å². The lowest BCUT2D eigenvalue weighted by atomic mass is 10.1. The van der Waals surface area contributed by atoms with Crippen LogP contribution in [0.15, 0.2) is 36.4 Å². The van der Waals surface area contributed by atoms with E-state index in [-0.39, 0.29) is 0 Å². The molecule has 1 heterocycles. The molecule has 1 atom stereocenters. The molecule has 0 bridgehead atoms. The molecule has 1 aliphatic carbocycles. The second-order valence-electron chi connectivity index (χ2n) is 3.49. The third kappa shape index (κ3) is 0.765. The lowest BCUT2D eigenvalue weighted by molar-refractivity contribution is 0.955. The van der Waals surface area contributed by atoms with Gasteiger partial charge in [0.2, 0.25) is 0 Å². The van der Waals surface area contributed by atoms with Crippen LogP contribution in [0.3, 0.4) is 0 Å². The smallest absolute Gasteiger partial charge is 0.0733 e. The minimum absolute atomic E-state index is 0.452. The number of hydrogen-bond acceptors (Lipinski definition) is 1. The maximum Gasteiger partial charge on any atom is 0.0733 e. The average molecular weight is 168 g/mol. The summed E-state index contributed by atoms with van der Waals surface area (Å²) in [5.41, 5.74) is 3.95. The molecule has 0 saturated heterocycles. The van der Waals surface area contributed by atoms with Crippen molar-refractivity contribution in [3.05, 3.63) is 48.1 Å². The summed E-state index contributed by atoms with van der Waals surface area (Å²) in [6.45, 7) is 0. The van der Waals surface area contributed by atoms with Crippen molar-refractivity contribution in [1.82, 2.24) is 0 Å². The molecule has 0 aromatic heterocycles. The highest BCUT2D eigenvalue weighted by Crippen LogP contribution is 2.41. The molecule has 1 unspecified atom stereocenters. The predicted molar refractivity (Wildman–Crippen MR) is 54.6 cm³/mol. The van der Waals surface area contributed by atoms with E-state index in [1.54, 1.807) is 0 Å². The SMILES string of the molecule is CN1c2ccc[c]c2C2=CC=CC21. The van der Waals surface area contributed by atoms with Gasteiger partial charge in [-0.3, -0.25) is 0 Å². The third-order valence-electron chi connectivity index (χ3n) is 2.81. The topological polar surface area (TPSA) is 3.24 Å². The van der Waals surface area contributed by atoms with Gasteiger partial charge < -0.3 is 4.90 Å². The van der Waals surface area contributed by atoms with Crippen LogP contribution >= 0.6 is 0 Å². The molecular weight excluding hydrogens is 158 g/mol. The molecule has 0 saturated carbocycles. The Bertz CT molecular complexity index is 415. The van der Waals surface area contributed by atoms with Crippen LogP contribution in [0.5, 0.6) is 0 Å². The Morgan fingerprint density at radius 1 is 1.46 bits per heavy atom. The summed E-state index contributed by atoms with van der Waals surface area (Å²) in [6.07, 6.45) is 6.53. The standard InChI is InChI=1S/C12H10N/c1-13-11-7-3-2-5-9(11)10-6-4-8-12(10)13/h2-4,6-8,12H,1H3. The zero-order chi connectivity index (χ0) is 8.84. The van der Waals surface area contributed by atoms with Gasteiger partial charge in [0.1, 0.15) is 0 Å². The number of anilines is 1. The summed E-state index contributed by atoms with van der Waals surface area (Å²) in [7, 11) is 2.13. The van der Waals surface area contributed by atoms with E-state index in [1.807, 2.05) is 12.1 Å². The van der Waals surface area contributed by atoms with Gasteiger partial charge in [-0.05, 0) is 17.7 Å². The average Bonchev–Trinajstić information content (AvgIpc) is 2.72. The Morgan fingerprint density at radius 2 is 2.38 bits per heavy atom. The van der Waals surface area contributed by atoms with Gasteiger partial charge in [-0.25, -0.2) is 0 Å². The Morgan fingerprint density at radius 3 is 3.31 bits per heavy atom. The van der Waals surface area contributed by atoms with Crippen molar-refractivity contribution in [2.75, 3.05) is 11.9 Å². The van der Waals surface area contributed by atoms with Crippen molar-refractivity contribution >= 4 is 11.3 Å². The number of fused-ring (bicyclic) bond motifs is 3. The van der Waals surface area contributed by atoms with E-state index in [0.717, 1.165) is 0 Å². The number of rotatable bonds is 0. The van der Waals surface area contributed by atoms with Crippen LogP contribution in [0.2, 0.25) is 0 Å². The molecule has 1 heteroatoms. The molecule has 1 radical (unpaired) electrons.